The van der Waals surface area contributed by atoms with Crippen LogP contribution in [0.5, 0.6) is 17.2 Å². The fourth-order valence-corrected chi connectivity index (χ4v) is 9.85. The number of hydrogen-bond acceptors (Lipinski definition) is 16. The maximum absolute atomic E-state index is 12.7. The van der Waals surface area contributed by atoms with Crippen molar-refractivity contribution in [1.82, 2.24) is 40.4 Å². The highest BCUT2D eigenvalue weighted by Crippen LogP contribution is 2.34. The van der Waals surface area contributed by atoms with E-state index in [4.69, 9.17) is 14.2 Å². The van der Waals surface area contributed by atoms with Gasteiger partial charge in [-0.15, -0.1) is 5.10 Å². The van der Waals surface area contributed by atoms with Gasteiger partial charge in [0, 0.05) is 81.7 Å². The van der Waals surface area contributed by atoms with Gasteiger partial charge in [-0.2, -0.15) is 16.8 Å². The standard InChI is InChI=1S/C44H56N8O12S3/c1-31-35(8-5-9-39(31)40-10-6-11-41(32(40)2)64-30-36-26-52(49-48-36)17-7-16-51-18-14-45-15-19-51)29-62-37-13-12-34(42(21-37)63-28-33-20-38(23-46-22-33)65(4,54)55)25-50(3)27-43(53)47-24-44(66(56,57)58)67(59,60)61/h5-6,8-13,20-23,26,44-45H,7,14-19,24-25,27-30H2,1-4H3,(H,47,53)(H,56,57,58)(H,59,60,61). The zero-order valence-corrected chi connectivity index (χ0v) is 40.1. The molecule has 67 heavy (non-hydrogen) atoms. The molecule has 0 radical (unpaired) electrons. The van der Waals surface area contributed by atoms with Crippen LogP contribution in [0.1, 0.15) is 39.9 Å². The first kappa shape index (κ1) is 50.9. The van der Waals surface area contributed by atoms with E-state index in [1.165, 1.54) is 23.4 Å². The SMILES string of the molecule is Cc1c(COc2ccc(CN(C)CC(=O)NCC(S(=O)(=O)O)S(=O)(=O)O)c(OCc3cncc(S(C)(=O)=O)c3)c2)cccc1-c1cccc(OCc2cn(CCCN3CCNCC3)nn2)c1C. The number of benzene rings is 3. The molecule has 1 aliphatic heterocycles. The lowest BCUT2D eigenvalue weighted by Gasteiger charge is -2.26. The zero-order chi connectivity index (χ0) is 48.4. The van der Waals surface area contributed by atoms with Crippen LogP contribution in [-0.2, 0) is 67.8 Å². The molecule has 3 aromatic carbocycles. The Kier molecular flexibility index (Phi) is 17.1. The molecular weight excluding hydrogens is 929 g/mol. The first-order valence-corrected chi connectivity index (χ1v) is 26.2. The smallest absolute Gasteiger partial charge is 0.286 e. The molecular formula is C44H56N8O12S3. The molecule has 0 spiro atoms. The third-order valence-electron chi connectivity index (χ3n) is 11.1. The van der Waals surface area contributed by atoms with Crippen molar-refractivity contribution in [2.75, 3.05) is 59.1 Å². The van der Waals surface area contributed by atoms with Crippen molar-refractivity contribution in [2.24, 2.45) is 0 Å². The number of hydrogen-bond donors (Lipinski definition) is 4. The monoisotopic (exact) mass is 984 g/mol. The molecule has 1 saturated heterocycles. The molecule has 2 aromatic heterocycles. The number of nitrogens with one attached hydrogen (secondary N) is 2. The van der Waals surface area contributed by atoms with E-state index in [1.54, 1.807) is 25.2 Å². The highest BCUT2D eigenvalue weighted by molar-refractivity contribution is 8.04. The summed E-state index contributed by atoms with van der Waals surface area (Å²) < 4.78 is 107. The van der Waals surface area contributed by atoms with Crippen LogP contribution in [-0.4, -0.2) is 134 Å². The highest BCUT2D eigenvalue weighted by atomic mass is 32.3. The Bertz CT molecular complexity index is 2820. The number of sulfone groups is 1. The fourth-order valence-electron chi connectivity index (χ4n) is 7.42. The lowest BCUT2D eigenvalue weighted by atomic mass is 9.93. The van der Waals surface area contributed by atoms with Crippen LogP contribution in [0.3, 0.4) is 0 Å². The van der Waals surface area contributed by atoms with Crippen molar-refractivity contribution in [1.29, 1.82) is 0 Å². The minimum Gasteiger partial charge on any atom is -0.489 e. The number of rotatable bonds is 23. The van der Waals surface area contributed by atoms with Gasteiger partial charge in [0.15, 0.2) is 9.84 Å². The number of carbonyl (C=O) groups excluding carboxylic acids is 1. The van der Waals surface area contributed by atoms with Gasteiger partial charge in [0.05, 0.1) is 24.2 Å². The van der Waals surface area contributed by atoms with Crippen molar-refractivity contribution >= 4 is 36.0 Å². The van der Waals surface area contributed by atoms with Crippen LogP contribution in [0.4, 0.5) is 0 Å². The molecule has 1 aliphatic rings. The maximum Gasteiger partial charge on any atom is 0.286 e. The molecule has 0 atom stereocenters. The van der Waals surface area contributed by atoms with E-state index in [2.05, 4.69) is 30.8 Å². The predicted molar refractivity (Wildman–Crippen MR) is 248 cm³/mol. The van der Waals surface area contributed by atoms with Crippen LogP contribution < -0.4 is 24.8 Å². The van der Waals surface area contributed by atoms with Crippen molar-refractivity contribution in [3.05, 3.63) is 113 Å². The average molecular weight is 985 g/mol. The first-order chi connectivity index (χ1) is 31.7. The zero-order valence-electron chi connectivity index (χ0n) is 37.7. The van der Waals surface area contributed by atoms with Crippen molar-refractivity contribution in [3.8, 4) is 28.4 Å². The van der Waals surface area contributed by atoms with Gasteiger partial charge in [-0.05, 0) is 73.3 Å². The fraction of sp³-hybridized carbons (Fsp3) is 0.409. The normalized spacial score (nSPS) is 13.8. The van der Waals surface area contributed by atoms with Crippen LogP contribution in [0, 0.1) is 13.8 Å². The van der Waals surface area contributed by atoms with Gasteiger partial charge in [0.1, 0.15) is 42.8 Å². The van der Waals surface area contributed by atoms with E-state index in [-0.39, 0.29) is 37.8 Å². The van der Waals surface area contributed by atoms with Crippen LogP contribution in [0.2, 0.25) is 0 Å². The summed E-state index contributed by atoms with van der Waals surface area (Å²) in [7, 11) is -12.5. The quantitative estimate of drug-likeness (QED) is 0.0686. The Hall–Kier alpha value is -5.53. The second-order valence-electron chi connectivity index (χ2n) is 16.3. The minimum absolute atomic E-state index is 0.0158. The number of carbonyl (C=O) groups is 1. The molecule has 0 bridgehead atoms. The van der Waals surface area contributed by atoms with Gasteiger partial charge in [-0.3, -0.25) is 28.5 Å². The minimum atomic E-state index is -5.25. The molecule has 362 valence electrons. The molecule has 0 saturated carbocycles. The third-order valence-corrected chi connectivity index (χ3v) is 15.3. The van der Waals surface area contributed by atoms with Crippen LogP contribution >= 0.6 is 0 Å². The van der Waals surface area contributed by atoms with Gasteiger partial charge in [0.25, 0.3) is 20.2 Å². The van der Waals surface area contributed by atoms with E-state index < -0.39 is 47.1 Å². The first-order valence-electron chi connectivity index (χ1n) is 21.3. The van der Waals surface area contributed by atoms with E-state index in [0.29, 0.717) is 22.6 Å². The molecule has 5 aromatic rings. The van der Waals surface area contributed by atoms with E-state index in [0.717, 1.165) is 91.2 Å². The number of amides is 1. The summed E-state index contributed by atoms with van der Waals surface area (Å²) in [5, 5.41) is 14.1. The van der Waals surface area contributed by atoms with E-state index in [1.807, 2.05) is 61.1 Å². The van der Waals surface area contributed by atoms with Crippen molar-refractivity contribution < 1.29 is 53.4 Å². The van der Waals surface area contributed by atoms with Crippen LogP contribution in [0.25, 0.3) is 11.1 Å². The molecule has 1 amide bonds. The summed E-state index contributed by atoms with van der Waals surface area (Å²) in [6.07, 6.45) is 6.70. The number of piperazine rings is 1. The Morgan fingerprint density at radius 1 is 0.836 bits per heavy atom. The molecule has 6 rings (SSSR count). The molecule has 0 unspecified atom stereocenters. The van der Waals surface area contributed by atoms with E-state index >= 15 is 0 Å². The summed E-state index contributed by atoms with van der Waals surface area (Å²) in [6, 6.07) is 18.5. The second kappa shape index (κ2) is 22.5. The van der Waals surface area contributed by atoms with Crippen molar-refractivity contribution in [2.45, 2.75) is 62.7 Å². The molecule has 3 heterocycles. The summed E-state index contributed by atoms with van der Waals surface area (Å²) >= 11 is 0. The molecule has 1 fully saturated rings. The maximum atomic E-state index is 12.7. The predicted octanol–water partition coefficient (Wildman–Crippen LogP) is 3.04. The van der Waals surface area contributed by atoms with E-state index in [9.17, 15) is 39.2 Å². The number of likely N-dealkylation sites (N-methyl/N-ethyl adjacent to an activating group) is 1. The Morgan fingerprint density at radius 3 is 2.25 bits per heavy atom. The van der Waals surface area contributed by atoms with Gasteiger partial charge < -0.3 is 29.7 Å². The molecule has 4 N–H and O–H groups in total. The molecule has 23 heteroatoms. The van der Waals surface area contributed by atoms with Gasteiger partial charge in [-0.25, -0.2) is 8.42 Å². The summed E-state index contributed by atoms with van der Waals surface area (Å²) in [4.78, 5) is 20.7. The Balaban J connectivity index is 1.12. The highest BCUT2D eigenvalue weighted by Gasteiger charge is 2.36. The lowest BCUT2D eigenvalue weighted by molar-refractivity contribution is -0.121. The third kappa shape index (κ3) is 14.7. The van der Waals surface area contributed by atoms with Crippen molar-refractivity contribution in [3.63, 3.8) is 0 Å². The largest absolute Gasteiger partial charge is 0.489 e. The Labute approximate surface area is 391 Å². The average Bonchev–Trinajstić information content (AvgIpc) is 3.72. The van der Waals surface area contributed by atoms with Gasteiger partial charge >= 0.3 is 0 Å². The molecule has 20 nitrogen and oxygen atoms in total. The molecule has 0 aliphatic carbocycles. The number of pyridine rings is 1. The van der Waals surface area contributed by atoms with Crippen LogP contribution in [0.15, 0.2) is 84.1 Å². The van der Waals surface area contributed by atoms with Gasteiger partial charge in [0.2, 0.25) is 10.5 Å². The number of nitrogens with zero attached hydrogens (tertiary/aromatic N) is 6. The number of aryl methyl sites for hydroxylation is 1. The summed E-state index contributed by atoms with van der Waals surface area (Å²) in [6.45, 7) is 9.05. The summed E-state index contributed by atoms with van der Waals surface area (Å²) in [5.41, 5.74) is 6.67. The number of ether oxygens (including phenoxy) is 3. The second-order valence-corrected chi connectivity index (χ2v) is 21.8. The Morgan fingerprint density at radius 2 is 1.54 bits per heavy atom. The topological polar surface area (TPSA) is 262 Å². The lowest BCUT2D eigenvalue weighted by Crippen LogP contribution is -2.44. The summed E-state index contributed by atoms with van der Waals surface area (Å²) in [5.74, 6) is 0.702. The van der Waals surface area contributed by atoms with Gasteiger partial charge in [-0.1, -0.05) is 41.6 Å². The number of aromatic nitrogens is 4.